The van der Waals surface area contributed by atoms with Crippen molar-refractivity contribution in [3.8, 4) is 0 Å². The van der Waals surface area contributed by atoms with Gasteiger partial charge in [-0.15, -0.1) is 0 Å². The summed E-state index contributed by atoms with van der Waals surface area (Å²) in [6.07, 6.45) is 1.48. The van der Waals surface area contributed by atoms with E-state index in [0.717, 1.165) is 12.2 Å². The number of methoxy groups -OCH3 is 1. The Morgan fingerprint density at radius 1 is 1.31 bits per heavy atom. The van der Waals surface area contributed by atoms with E-state index in [-0.39, 0.29) is 24.1 Å². The van der Waals surface area contributed by atoms with Gasteiger partial charge in [-0.2, -0.15) is 10.2 Å². The zero-order valence-corrected chi connectivity index (χ0v) is 16.0. The first-order valence-corrected chi connectivity index (χ1v) is 9.42. The highest BCUT2D eigenvalue weighted by atomic mass is 16.5. The second kappa shape index (κ2) is 8.00. The third-order valence-electron chi connectivity index (χ3n) is 4.99. The molecule has 0 spiro atoms. The van der Waals surface area contributed by atoms with Crippen LogP contribution in [-0.4, -0.2) is 56.7 Å². The Hall–Kier alpha value is -3.27. The first-order chi connectivity index (χ1) is 14.0. The zero-order valence-electron chi connectivity index (χ0n) is 16.0. The van der Waals surface area contributed by atoms with Crippen LogP contribution in [0.4, 0.5) is 5.69 Å². The Morgan fingerprint density at radius 3 is 2.83 bits per heavy atom. The van der Waals surface area contributed by atoms with Crippen molar-refractivity contribution in [1.82, 2.24) is 20.1 Å². The summed E-state index contributed by atoms with van der Waals surface area (Å²) in [5.74, 6) is 0.135. The van der Waals surface area contributed by atoms with E-state index in [1.807, 2.05) is 6.07 Å². The van der Waals surface area contributed by atoms with Crippen LogP contribution in [0.25, 0.3) is 0 Å². The first-order valence-electron chi connectivity index (χ1n) is 9.42. The summed E-state index contributed by atoms with van der Waals surface area (Å²) in [5.41, 5.74) is 0.851. The number of rotatable bonds is 6. The number of hydrazone groups is 1. The summed E-state index contributed by atoms with van der Waals surface area (Å²) in [5, 5.41) is 22.6. The summed E-state index contributed by atoms with van der Waals surface area (Å²) < 4.78 is 6.85. The van der Waals surface area contributed by atoms with Crippen LogP contribution in [0.5, 0.6) is 0 Å². The zero-order chi connectivity index (χ0) is 20.4. The highest BCUT2D eigenvalue weighted by molar-refractivity contribution is 6.40. The molecule has 152 valence electrons. The lowest BCUT2D eigenvalue weighted by Gasteiger charge is -2.23. The van der Waals surface area contributed by atoms with Gasteiger partial charge in [-0.1, -0.05) is 18.2 Å². The van der Waals surface area contributed by atoms with Crippen LogP contribution in [-0.2, 0) is 33.9 Å². The number of aromatic nitrogens is 3. The number of hydrogen-bond donors (Lipinski definition) is 2. The number of carboxylic acids is 1. The van der Waals surface area contributed by atoms with Gasteiger partial charge in [0.25, 0.3) is 5.91 Å². The van der Waals surface area contributed by atoms with Gasteiger partial charge in [-0.25, -0.2) is 14.5 Å². The highest BCUT2D eigenvalue weighted by Crippen LogP contribution is 2.25. The van der Waals surface area contributed by atoms with Gasteiger partial charge in [0, 0.05) is 26.0 Å². The minimum atomic E-state index is -1.02. The maximum atomic E-state index is 12.8. The van der Waals surface area contributed by atoms with Crippen molar-refractivity contribution in [3.63, 3.8) is 0 Å². The fourth-order valence-corrected chi connectivity index (χ4v) is 3.60. The van der Waals surface area contributed by atoms with Crippen molar-refractivity contribution in [2.24, 2.45) is 5.10 Å². The molecule has 10 nitrogen and oxygen atoms in total. The maximum absolute atomic E-state index is 12.8. The lowest BCUT2D eigenvalue weighted by molar-refractivity contribution is -0.138. The molecule has 3 heterocycles. The van der Waals surface area contributed by atoms with Crippen LogP contribution < -0.4 is 10.3 Å². The van der Waals surface area contributed by atoms with E-state index in [1.165, 1.54) is 5.01 Å². The smallest absolute Gasteiger partial charge is 0.328 e. The van der Waals surface area contributed by atoms with Gasteiger partial charge < -0.3 is 15.2 Å². The molecule has 1 aromatic heterocycles. The minimum Gasteiger partial charge on any atom is -0.480 e. The van der Waals surface area contributed by atoms with Gasteiger partial charge in [-0.05, 0) is 18.6 Å². The van der Waals surface area contributed by atoms with Gasteiger partial charge in [0.2, 0.25) is 0 Å². The van der Waals surface area contributed by atoms with Crippen LogP contribution in [0.3, 0.4) is 0 Å². The topological polar surface area (TPSA) is 122 Å². The number of hydrogen-bond acceptors (Lipinski definition) is 7. The van der Waals surface area contributed by atoms with Crippen molar-refractivity contribution in [2.75, 3.05) is 12.1 Å². The quantitative estimate of drug-likeness (QED) is 0.730. The summed E-state index contributed by atoms with van der Waals surface area (Å²) in [4.78, 5) is 28.8. The molecule has 4 rings (SSSR count). The number of anilines is 1. The second-order valence-corrected chi connectivity index (χ2v) is 7.05. The Labute approximate surface area is 167 Å². The van der Waals surface area contributed by atoms with E-state index in [9.17, 15) is 14.7 Å². The number of aryl methyl sites for hydroxylation is 1. The molecule has 0 bridgehead atoms. The van der Waals surface area contributed by atoms with Crippen molar-refractivity contribution >= 4 is 23.3 Å². The van der Waals surface area contributed by atoms with Crippen LogP contribution in [0.2, 0.25) is 0 Å². The molecular weight excluding hydrogens is 376 g/mol. The third-order valence-corrected chi connectivity index (χ3v) is 4.99. The molecule has 10 heteroatoms. The number of carboxylic acid groups (broad SMARTS) is 1. The maximum Gasteiger partial charge on any atom is 0.328 e. The SMILES string of the molecule is COCc1nc2n(n1)CC(NC(=O)C1=NN(c3ccccc3)C(C(=O)O)C1)CC2. The molecule has 2 aliphatic heterocycles. The molecular formula is C19H22N6O4. The van der Waals surface area contributed by atoms with E-state index < -0.39 is 12.0 Å². The predicted molar refractivity (Wildman–Crippen MR) is 103 cm³/mol. The number of fused-ring (bicyclic) bond motifs is 1. The van der Waals surface area contributed by atoms with Gasteiger partial charge >= 0.3 is 5.97 Å². The average Bonchev–Trinajstić information content (AvgIpc) is 3.33. The van der Waals surface area contributed by atoms with E-state index in [0.29, 0.717) is 31.1 Å². The van der Waals surface area contributed by atoms with E-state index in [2.05, 4.69) is 20.5 Å². The number of nitrogens with one attached hydrogen (secondary N) is 1. The number of ether oxygens (including phenoxy) is 1. The monoisotopic (exact) mass is 398 g/mol. The summed E-state index contributed by atoms with van der Waals surface area (Å²) >= 11 is 0. The molecule has 1 amide bonds. The van der Waals surface area contributed by atoms with Crippen molar-refractivity contribution in [2.45, 2.75) is 44.5 Å². The van der Waals surface area contributed by atoms with E-state index in [4.69, 9.17) is 4.74 Å². The molecule has 1 aromatic carbocycles. The minimum absolute atomic E-state index is 0.0509. The van der Waals surface area contributed by atoms with Crippen molar-refractivity contribution < 1.29 is 19.4 Å². The Morgan fingerprint density at radius 2 is 2.10 bits per heavy atom. The van der Waals surface area contributed by atoms with Crippen molar-refractivity contribution in [3.05, 3.63) is 42.0 Å². The summed E-state index contributed by atoms with van der Waals surface area (Å²) in [6.45, 7) is 0.857. The highest BCUT2D eigenvalue weighted by Gasteiger charge is 2.37. The van der Waals surface area contributed by atoms with E-state index in [1.54, 1.807) is 36.1 Å². The van der Waals surface area contributed by atoms with Crippen molar-refractivity contribution in [1.29, 1.82) is 0 Å². The molecule has 0 fully saturated rings. The normalized spacial score (nSPS) is 20.9. The molecule has 0 aliphatic carbocycles. The van der Waals surface area contributed by atoms with Gasteiger partial charge in [0.05, 0.1) is 12.2 Å². The molecule has 2 aliphatic rings. The van der Waals surface area contributed by atoms with Crippen LogP contribution >= 0.6 is 0 Å². The number of para-hydroxylation sites is 1. The lowest BCUT2D eigenvalue weighted by atomic mass is 10.1. The second-order valence-electron chi connectivity index (χ2n) is 7.05. The third kappa shape index (κ3) is 3.97. The molecule has 0 saturated carbocycles. The largest absolute Gasteiger partial charge is 0.480 e. The van der Waals surface area contributed by atoms with Gasteiger partial charge in [0.1, 0.15) is 18.1 Å². The van der Waals surface area contributed by atoms with Gasteiger partial charge in [-0.3, -0.25) is 9.80 Å². The predicted octanol–water partition coefficient (Wildman–Crippen LogP) is 0.575. The number of aliphatic carboxylic acids is 1. The number of nitrogens with zero attached hydrogens (tertiary/aromatic N) is 5. The molecule has 0 saturated heterocycles. The number of amides is 1. The first kappa shape index (κ1) is 19.1. The molecule has 29 heavy (non-hydrogen) atoms. The average molecular weight is 398 g/mol. The standard InChI is InChI=1S/C19H22N6O4/c1-29-11-16-21-17-8-7-12(10-24(17)23-16)20-18(26)14-9-15(19(27)28)25(22-14)13-5-3-2-4-6-13/h2-6,12,15H,7-11H2,1H3,(H,20,26)(H,27,28). The molecule has 0 radical (unpaired) electrons. The number of carbonyl (C=O) groups is 2. The lowest BCUT2D eigenvalue weighted by Crippen LogP contribution is -2.44. The number of benzene rings is 1. The van der Waals surface area contributed by atoms with E-state index >= 15 is 0 Å². The van der Waals surface area contributed by atoms with Crippen LogP contribution in [0, 0.1) is 0 Å². The summed E-state index contributed by atoms with van der Waals surface area (Å²) in [6, 6.07) is 7.96. The molecule has 2 unspecified atom stereocenters. The summed E-state index contributed by atoms with van der Waals surface area (Å²) in [7, 11) is 1.59. The fraction of sp³-hybridized carbons (Fsp3) is 0.421. The van der Waals surface area contributed by atoms with Crippen LogP contribution in [0.15, 0.2) is 35.4 Å². The Bertz CT molecular complexity index is 941. The van der Waals surface area contributed by atoms with Gasteiger partial charge in [0.15, 0.2) is 11.9 Å². The molecule has 2 atom stereocenters. The molecule has 2 aromatic rings. The molecule has 2 N–H and O–H groups in total. The fourth-order valence-electron chi connectivity index (χ4n) is 3.60. The Kier molecular flexibility index (Phi) is 5.26. The Balaban J connectivity index is 1.45. The van der Waals surface area contributed by atoms with Crippen LogP contribution in [0.1, 0.15) is 24.5 Å². The number of carbonyl (C=O) groups excluding carboxylic acids is 1.